The molecule has 0 saturated carbocycles. The molecule has 0 fully saturated rings. The zero-order chi connectivity index (χ0) is 40.0. The number of halogens is 9. The zero-order valence-corrected chi connectivity index (χ0v) is 32.9. The third-order valence-electron chi connectivity index (χ3n) is 9.20. The van der Waals surface area contributed by atoms with Crippen LogP contribution in [0.3, 0.4) is 0 Å². The van der Waals surface area contributed by atoms with Crippen LogP contribution in [0, 0.1) is 23.5 Å². The molecule has 0 spiro atoms. The molecule has 3 atom stereocenters. The highest BCUT2D eigenvalue weighted by atomic mass is 127. The normalized spacial score (nSPS) is 18.9. The largest absolute Gasteiger partial charge is 0.346 e. The highest BCUT2D eigenvalue weighted by Gasteiger charge is 2.71. The van der Waals surface area contributed by atoms with E-state index in [4.69, 9.17) is 23.2 Å². The van der Waals surface area contributed by atoms with Crippen molar-refractivity contribution in [3.05, 3.63) is 92.5 Å². The minimum absolute atomic E-state index is 0.0178. The van der Waals surface area contributed by atoms with Crippen LogP contribution in [0.5, 0.6) is 0 Å². The SMILES string of the molecule is Cn1nc(NS(C)(=O)=O)c2c(Cl)ccc(-c3ccc(Cl)nc3[C@H](Cc3cc(F)cc(F)c3)NC(=O)Cn3nc(C(C)(F)F)c4c3C(F)(F)[C@]3(NI)C#C[C@H]43)c21. The molecule has 288 valence electrons. The van der Waals surface area contributed by atoms with E-state index >= 15 is 8.78 Å². The summed E-state index contributed by atoms with van der Waals surface area (Å²) >= 11 is 14.4. The number of rotatable bonds is 11. The van der Waals surface area contributed by atoms with Gasteiger partial charge < -0.3 is 5.32 Å². The Balaban J connectivity index is 1.34. The second-order valence-electron chi connectivity index (χ2n) is 13.2. The molecule has 21 heteroatoms. The van der Waals surface area contributed by atoms with Gasteiger partial charge in [0.05, 0.1) is 39.8 Å². The fourth-order valence-electron chi connectivity index (χ4n) is 7.02. The molecule has 5 aromatic rings. The maximum atomic E-state index is 16.1. The van der Waals surface area contributed by atoms with E-state index in [2.05, 4.69) is 40.6 Å². The second-order valence-corrected chi connectivity index (χ2v) is 16.3. The van der Waals surface area contributed by atoms with E-state index in [1.165, 1.54) is 52.8 Å². The number of amides is 1. The quantitative estimate of drug-likeness (QED) is 0.0432. The van der Waals surface area contributed by atoms with Gasteiger partial charge in [-0.25, -0.2) is 25.7 Å². The van der Waals surface area contributed by atoms with Gasteiger partial charge in [-0.2, -0.15) is 27.8 Å². The molecule has 1 amide bonds. The number of hydrogen-bond acceptors (Lipinski definition) is 7. The van der Waals surface area contributed by atoms with Gasteiger partial charge in [-0.05, 0) is 42.3 Å². The van der Waals surface area contributed by atoms with E-state index in [0.29, 0.717) is 28.8 Å². The topological polar surface area (TPSA) is 136 Å². The van der Waals surface area contributed by atoms with Crippen LogP contribution in [-0.2, 0) is 46.7 Å². The average Bonchev–Trinajstić information content (AvgIpc) is 3.61. The smallest absolute Gasteiger partial charge is 0.320 e. The molecule has 2 aliphatic rings. The Labute approximate surface area is 332 Å². The van der Waals surface area contributed by atoms with Crippen LogP contribution >= 0.6 is 46.1 Å². The van der Waals surface area contributed by atoms with E-state index in [1.54, 1.807) is 6.07 Å². The highest BCUT2D eigenvalue weighted by molar-refractivity contribution is 14.1. The van der Waals surface area contributed by atoms with E-state index in [9.17, 15) is 30.8 Å². The minimum atomic E-state index is -3.86. The number of sulfonamides is 1. The van der Waals surface area contributed by atoms with E-state index in [0.717, 1.165) is 18.4 Å². The van der Waals surface area contributed by atoms with Crippen molar-refractivity contribution in [2.45, 2.75) is 49.2 Å². The Hall–Kier alpha value is -4.10. The lowest BCUT2D eigenvalue weighted by Crippen LogP contribution is -2.56. The summed E-state index contributed by atoms with van der Waals surface area (Å²) in [5, 5.41) is 11.0. The van der Waals surface area contributed by atoms with Gasteiger partial charge in [0.15, 0.2) is 11.4 Å². The molecule has 11 nitrogen and oxygen atoms in total. The van der Waals surface area contributed by atoms with Crippen LogP contribution < -0.4 is 13.6 Å². The molecule has 0 radical (unpaired) electrons. The number of benzene rings is 2. The molecule has 7 rings (SSSR count). The third-order valence-corrected chi connectivity index (χ3v) is 11.1. The molecule has 3 heterocycles. The first-order valence-electron chi connectivity index (χ1n) is 16.0. The maximum Gasteiger partial charge on any atom is 0.320 e. The van der Waals surface area contributed by atoms with Crippen LogP contribution in [0.25, 0.3) is 22.0 Å². The summed E-state index contributed by atoms with van der Waals surface area (Å²) in [4.78, 5) is 18.4. The number of nitrogens with one attached hydrogen (secondary N) is 3. The van der Waals surface area contributed by atoms with Crippen LogP contribution in [-0.4, -0.2) is 50.7 Å². The average molecular weight is 937 g/mol. The van der Waals surface area contributed by atoms with Gasteiger partial charge in [0.25, 0.3) is 5.92 Å². The molecule has 2 aromatic carbocycles. The molecule has 0 unspecified atom stereocenters. The Bertz CT molecular complexity index is 2600. The van der Waals surface area contributed by atoms with Gasteiger partial charge in [0, 0.05) is 59.6 Å². The van der Waals surface area contributed by atoms with Gasteiger partial charge >= 0.3 is 5.92 Å². The van der Waals surface area contributed by atoms with Crippen molar-refractivity contribution >= 4 is 78.7 Å². The number of anilines is 1. The number of fused-ring (bicyclic) bond motifs is 4. The number of carbonyl (C=O) groups is 1. The Morgan fingerprint density at radius 1 is 1.09 bits per heavy atom. The fourth-order valence-corrected chi connectivity index (χ4v) is 8.70. The van der Waals surface area contributed by atoms with Gasteiger partial charge in [-0.3, -0.25) is 18.9 Å². The standard InChI is InChI=1S/C34H25Cl2F6IN8O3S/c1-32(39,40)29-25-20-8-9-33(20,49-43)34(41,42)30(25)51(46-29)14-24(52)44-22(12-15-10-16(37)13-17(38)11-15)27-18(5-7-23(36)45-27)19-4-6-21(35)26-28(19)50(2)47-31(26)48-55(3,53)54/h4-7,10-11,13,20,22,49H,12,14H2,1-3H3,(H,44,52)(H,47,48)/t20-,22+,33+/m1/s1. The monoisotopic (exact) mass is 936 g/mol. The number of aryl methyl sites for hydroxylation is 1. The van der Waals surface area contributed by atoms with Gasteiger partial charge in [-0.15, -0.1) is 0 Å². The summed E-state index contributed by atoms with van der Waals surface area (Å²) < 4.78 is 122. The van der Waals surface area contributed by atoms with E-state index in [-0.39, 0.29) is 44.6 Å². The summed E-state index contributed by atoms with van der Waals surface area (Å²) in [5.41, 5.74) is -3.57. The van der Waals surface area contributed by atoms with Crippen LogP contribution in [0.15, 0.2) is 42.5 Å². The molecular weight excluding hydrogens is 912 g/mol. The van der Waals surface area contributed by atoms with Crippen molar-refractivity contribution in [2.75, 3.05) is 11.0 Å². The Morgan fingerprint density at radius 3 is 2.36 bits per heavy atom. The fraction of sp³-hybridized carbons (Fsp3) is 0.294. The summed E-state index contributed by atoms with van der Waals surface area (Å²) in [6.07, 6.45) is 0.589. The van der Waals surface area contributed by atoms with E-state index in [1.807, 2.05) is 0 Å². The molecule has 3 aromatic heterocycles. The second kappa shape index (κ2) is 13.5. The van der Waals surface area contributed by atoms with E-state index < -0.39 is 80.4 Å². The lowest BCUT2D eigenvalue weighted by atomic mass is 9.76. The number of alkyl halides is 4. The van der Waals surface area contributed by atoms with Gasteiger partial charge in [0.2, 0.25) is 15.9 Å². The summed E-state index contributed by atoms with van der Waals surface area (Å²) in [6, 6.07) is 7.34. The lowest BCUT2D eigenvalue weighted by Gasteiger charge is -2.37. The van der Waals surface area contributed by atoms with Crippen molar-refractivity contribution in [3.63, 3.8) is 0 Å². The Morgan fingerprint density at radius 2 is 1.76 bits per heavy atom. The predicted molar refractivity (Wildman–Crippen MR) is 199 cm³/mol. The molecular formula is C34H25Cl2F6IN8O3S. The molecule has 0 saturated heterocycles. The van der Waals surface area contributed by atoms with Gasteiger partial charge in [-0.1, -0.05) is 41.1 Å². The summed E-state index contributed by atoms with van der Waals surface area (Å²) in [5.74, 6) is -6.95. The lowest BCUT2D eigenvalue weighted by molar-refractivity contribution is -0.123. The summed E-state index contributed by atoms with van der Waals surface area (Å²) in [7, 11) is -2.29. The summed E-state index contributed by atoms with van der Waals surface area (Å²) in [6.45, 7) is -0.492. The van der Waals surface area contributed by atoms with Crippen LogP contribution in [0.1, 0.15) is 47.1 Å². The first kappa shape index (κ1) is 39.1. The van der Waals surface area contributed by atoms with Crippen molar-refractivity contribution in [1.29, 1.82) is 0 Å². The van der Waals surface area contributed by atoms with Crippen molar-refractivity contribution in [3.8, 4) is 23.0 Å². The molecule has 2 aliphatic carbocycles. The van der Waals surface area contributed by atoms with Crippen LogP contribution in [0.2, 0.25) is 10.2 Å². The first-order valence-corrected chi connectivity index (χ1v) is 19.7. The van der Waals surface area contributed by atoms with Gasteiger partial charge in [0.1, 0.15) is 34.7 Å². The molecule has 0 aliphatic heterocycles. The number of hydrogen-bond donors (Lipinski definition) is 3. The number of aromatic nitrogens is 5. The number of pyridine rings is 1. The third kappa shape index (κ3) is 6.68. The maximum absolute atomic E-state index is 16.1. The molecule has 55 heavy (non-hydrogen) atoms. The van der Waals surface area contributed by atoms with Crippen LogP contribution in [0.4, 0.5) is 32.2 Å². The number of carbonyl (C=O) groups excluding carboxylic acids is 1. The highest BCUT2D eigenvalue weighted by Crippen LogP contribution is 2.60. The molecule has 0 bridgehead atoms. The van der Waals surface area contributed by atoms with Crippen molar-refractivity contribution < 1.29 is 39.6 Å². The number of nitrogens with zero attached hydrogens (tertiary/aromatic N) is 5. The van der Waals surface area contributed by atoms with Crippen molar-refractivity contribution in [1.82, 2.24) is 33.4 Å². The zero-order valence-electron chi connectivity index (χ0n) is 28.4. The molecule has 3 N–H and O–H groups in total. The Kier molecular flexibility index (Phi) is 9.63. The predicted octanol–water partition coefficient (Wildman–Crippen LogP) is 6.88. The first-order chi connectivity index (χ1) is 25.6. The van der Waals surface area contributed by atoms with Crippen molar-refractivity contribution in [2.24, 2.45) is 7.05 Å². The minimum Gasteiger partial charge on any atom is -0.346 e.